The summed E-state index contributed by atoms with van der Waals surface area (Å²) in [5.41, 5.74) is 3.68. The van der Waals surface area contributed by atoms with E-state index in [1.165, 1.54) is 8.61 Å². The number of nitrogens with zero attached hydrogens (tertiary/aromatic N) is 5. The van der Waals surface area contributed by atoms with E-state index in [1.54, 1.807) is 17.0 Å². The van der Waals surface area contributed by atoms with Crippen LogP contribution in [-0.2, 0) is 14.9 Å². The quantitative estimate of drug-likeness (QED) is 0.705. The highest BCUT2D eigenvalue weighted by molar-refractivity contribution is 7.86. The number of aromatic nitrogens is 2. The molecule has 168 valence electrons. The van der Waals surface area contributed by atoms with Crippen LogP contribution in [0.15, 0.2) is 18.2 Å². The summed E-state index contributed by atoms with van der Waals surface area (Å²) in [4.78, 5) is 23.8. The number of aryl methyl sites for hydroxylation is 2. The molecule has 10 heteroatoms. The maximum Gasteiger partial charge on any atom is 0.282 e. The van der Waals surface area contributed by atoms with Crippen LogP contribution in [-0.4, -0.2) is 89.3 Å². The molecule has 9 nitrogen and oxygen atoms in total. The highest BCUT2D eigenvalue weighted by Gasteiger charge is 2.37. The predicted octanol–water partition coefficient (Wildman–Crippen LogP) is 1.36. The third-order valence-electron chi connectivity index (χ3n) is 5.89. The molecule has 2 saturated heterocycles. The minimum absolute atomic E-state index is 0.118. The van der Waals surface area contributed by atoms with Crippen molar-refractivity contribution in [2.24, 2.45) is 0 Å². The Hall–Kier alpha value is -2.14. The minimum atomic E-state index is -3.57. The summed E-state index contributed by atoms with van der Waals surface area (Å²) >= 11 is 0. The zero-order valence-corrected chi connectivity index (χ0v) is 19.2. The van der Waals surface area contributed by atoms with Gasteiger partial charge in [0.1, 0.15) is 0 Å². The summed E-state index contributed by atoms with van der Waals surface area (Å²) in [6.07, 6.45) is -0.269. The molecule has 2 aliphatic heterocycles. The Kier molecular flexibility index (Phi) is 5.99. The standard InChI is InChI=1S/C21H29N5O4S/c1-14-12-26(13-15(2)30-14)31(28,29)25-9-7-24(8-10-25)21(27)18-5-6-19-20(11-18)23-17(4)16(3)22-19/h5-6,11,14-15H,7-10,12-13H2,1-4H3. The Balaban J connectivity index is 1.44. The van der Waals surface area contributed by atoms with Gasteiger partial charge in [-0.1, -0.05) is 0 Å². The molecule has 0 bridgehead atoms. The summed E-state index contributed by atoms with van der Waals surface area (Å²) < 4.78 is 34.7. The molecule has 0 saturated carbocycles. The van der Waals surface area contributed by atoms with E-state index in [9.17, 15) is 13.2 Å². The highest BCUT2D eigenvalue weighted by atomic mass is 32.2. The number of rotatable bonds is 3. The van der Waals surface area contributed by atoms with Gasteiger partial charge < -0.3 is 9.64 Å². The van der Waals surface area contributed by atoms with E-state index in [1.807, 2.05) is 33.8 Å². The van der Waals surface area contributed by atoms with E-state index < -0.39 is 10.2 Å². The van der Waals surface area contributed by atoms with Gasteiger partial charge in [0.05, 0.1) is 34.6 Å². The van der Waals surface area contributed by atoms with Crippen LogP contribution >= 0.6 is 0 Å². The number of hydrogen-bond acceptors (Lipinski definition) is 6. The third-order valence-corrected chi connectivity index (χ3v) is 7.86. The fourth-order valence-corrected chi connectivity index (χ4v) is 5.90. The molecule has 4 rings (SSSR count). The van der Waals surface area contributed by atoms with Gasteiger partial charge in [-0.3, -0.25) is 4.79 Å². The van der Waals surface area contributed by atoms with E-state index in [-0.39, 0.29) is 31.2 Å². The van der Waals surface area contributed by atoms with Crippen LogP contribution in [0.1, 0.15) is 35.6 Å². The van der Waals surface area contributed by atoms with E-state index in [0.29, 0.717) is 37.3 Å². The van der Waals surface area contributed by atoms with Gasteiger partial charge in [-0.2, -0.15) is 17.0 Å². The molecule has 1 aromatic carbocycles. The fraction of sp³-hybridized carbons (Fsp3) is 0.571. The number of benzene rings is 1. The second kappa shape index (κ2) is 8.42. The Morgan fingerprint density at radius 2 is 1.52 bits per heavy atom. The number of amides is 1. The van der Waals surface area contributed by atoms with Crippen LogP contribution in [0.4, 0.5) is 0 Å². The smallest absolute Gasteiger partial charge is 0.282 e. The number of ether oxygens (including phenoxy) is 1. The molecule has 0 N–H and O–H groups in total. The van der Waals surface area contributed by atoms with Gasteiger partial charge in [0.15, 0.2) is 0 Å². The predicted molar refractivity (Wildman–Crippen MR) is 117 cm³/mol. The lowest BCUT2D eigenvalue weighted by molar-refractivity contribution is -0.0457. The van der Waals surface area contributed by atoms with Crippen LogP contribution in [0.5, 0.6) is 0 Å². The first-order valence-electron chi connectivity index (χ1n) is 10.6. The van der Waals surface area contributed by atoms with E-state index >= 15 is 0 Å². The Labute approximate surface area is 183 Å². The fourth-order valence-electron chi connectivity index (χ4n) is 4.15. The summed E-state index contributed by atoms with van der Waals surface area (Å²) in [5, 5.41) is 0. The first-order valence-corrected chi connectivity index (χ1v) is 12.0. The lowest BCUT2D eigenvalue weighted by Crippen LogP contribution is -2.57. The molecular weight excluding hydrogens is 418 g/mol. The SMILES string of the molecule is Cc1nc2ccc(C(=O)N3CCN(S(=O)(=O)N4CC(C)OC(C)C4)CC3)cc2nc1C. The van der Waals surface area contributed by atoms with Crippen molar-refractivity contribution < 1.29 is 17.9 Å². The van der Waals surface area contributed by atoms with Gasteiger partial charge in [0.2, 0.25) is 0 Å². The third kappa shape index (κ3) is 4.43. The molecule has 0 spiro atoms. The van der Waals surface area contributed by atoms with Gasteiger partial charge in [0, 0.05) is 44.8 Å². The number of carbonyl (C=O) groups excluding carboxylic acids is 1. The van der Waals surface area contributed by atoms with Gasteiger partial charge in [-0.25, -0.2) is 9.97 Å². The molecule has 2 aliphatic rings. The summed E-state index contributed by atoms with van der Waals surface area (Å²) in [6, 6.07) is 5.33. The molecule has 1 aromatic heterocycles. The summed E-state index contributed by atoms with van der Waals surface area (Å²) in [7, 11) is -3.57. The summed E-state index contributed by atoms with van der Waals surface area (Å²) in [6.45, 7) is 9.52. The average Bonchev–Trinajstić information content (AvgIpc) is 2.73. The molecule has 2 fully saturated rings. The molecule has 2 atom stereocenters. The van der Waals surface area contributed by atoms with Crippen LogP contribution in [0.25, 0.3) is 11.0 Å². The zero-order chi connectivity index (χ0) is 22.3. The lowest BCUT2D eigenvalue weighted by atomic mass is 10.1. The van der Waals surface area contributed by atoms with Gasteiger partial charge in [-0.15, -0.1) is 0 Å². The van der Waals surface area contributed by atoms with Crippen molar-refractivity contribution in [3.8, 4) is 0 Å². The minimum Gasteiger partial charge on any atom is -0.373 e. The van der Waals surface area contributed by atoms with E-state index in [0.717, 1.165) is 16.9 Å². The first-order chi connectivity index (χ1) is 14.6. The van der Waals surface area contributed by atoms with Crippen LogP contribution in [0.3, 0.4) is 0 Å². The number of hydrogen-bond donors (Lipinski definition) is 0. The Bertz CT molecular complexity index is 1090. The van der Waals surface area contributed by atoms with Crippen molar-refractivity contribution in [1.29, 1.82) is 0 Å². The molecule has 2 unspecified atom stereocenters. The van der Waals surface area contributed by atoms with Gasteiger partial charge in [0.25, 0.3) is 16.1 Å². The maximum atomic E-state index is 13.1. The van der Waals surface area contributed by atoms with Crippen molar-refractivity contribution in [2.75, 3.05) is 39.3 Å². The highest BCUT2D eigenvalue weighted by Crippen LogP contribution is 2.20. The van der Waals surface area contributed by atoms with Crippen molar-refractivity contribution in [2.45, 2.75) is 39.9 Å². The summed E-state index contributed by atoms with van der Waals surface area (Å²) in [5.74, 6) is -0.118. The van der Waals surface area contributed by atoms with Crippen molar-refractivity contribution in [3.63, 3.8) is 0 Å². The molecule has 31 heavy (non-hydrogen) atoms. The van der Waals surface area contributed by atoms with Crippen LogP contribution < -0.4 is 0 Å². The number of morpholine rings is 1. The average molecular weight is 448 g/mol. The number of piperazine rings is 1. The number of fused-ring (bicyclic) bond motifs is 1. The van der Waals surface area contributed by atoms with Crippen molar-refractivity contribution in [1.82, 2.24) is 23.5 Å². The normalized spacial score (nSPS) is 23.9. The number of carbonyl (C=O) groups is 1. The molecule has 0 radical (unpaired) electrons. The second-order valence-corrected chi connectivity index (χ2v) is 10.3. The molecular formula is C21H29N5O4S. The Morgan fingerprint density at radius 1 is 0.935 bits per heavy atom. The van der Waals surface area contributed by atoms with Gasteiger partial charge in [-0.05, 0) is 45.9 Å². The van der Waals surface area contributed by atoms with Crippen molar-refractivity contribution in [3.05, 3.63) is 35.2 Å². The van der Waals surface area contributed by atoms with E-state index in [4.69, 9.17) is 4.74 Å². The van der Waals surface area contributed by atoms with Gasteiger partial charge >= 0.3 is 0 Å². The molecule has 2 aromatic rings. The topological polar surface area (TPSA) is 95.9 Å². The lowest BCUT2D eigenvalue weighted by Gasteiger charge is -2.40. The van der Waals surface area contributed by atoms with E-state index in [2.05, 4.69) is 9.97 Å². The van der Waals surface area contributed by atoms with Crippen LogP contribution in [0.2, 0.25) is 0 Å². The molecule has 1 amide bonds. The second-order valence-electron chi connectivity index (χ2n) is 8.37. The Morgan fingerprint density at radius 3 is 2.13 bits per heavy atom. The van der Waals surface area contributed by atoms with Crippen LogP contribution in [0, 0.1) is 13.8 Å². The van der Waals surface area contributed by atoms with Crippen molar-refractivity contribution >= 4 is 27.1 Å². The molecule has 3 heterocycles. The first kappa shape index (κ1) is 22.1. The zero-order valence-electron chi connectivity index (χ0n) is 18.4. The monoisotopic (exact) mass is 447 g/mol. The molecule has 0 aliphatic carbocycles. The maximum absolute atomic E-state index is 13.1. The largest absolute Gasteiger partial charge is 0.373 e.